The molecule has 0 aliphatic heterocycles. The molecule has 0 spiro atoms. The minimum absolute atomic E-state index is 0.146. The van der Waals surface area contributed by atoms with Crippen molar-refractivity contribution >= 4 is 17.3 Å². The maximum absolute atomic E-state index is 11.5. The summed E-state index contributed by atoms with van der Waals surface area (Å²) in [6, 6.07) is 7.74. The summed E-state index contributed by atoms with van der Waals surface area (Å²) in [6.45, 7) is 3.66. The van der Waals surface area contributed by atoms with Crippen LogP contribution in [0.25, 0.3) is 0 Å². The zero-order valence-corrected chi connectivity index (χ0v) is 10.8. The molecule has 0 heterocycles. The molecule has 1 aromatic carbocycles. The maximum atomic E-state index is 11.5. The molecule has 0 bridgehead atoms. The topological polar surface area (TPSA) is 49.6 Å². The summed E-state index contributed by atoms with van der Waals surface area (Å²) in [5.74, 6) is 0.146. The van der Waals surface area contributed by atoms with E-state index < -0.39 is 0 Å². The highest BCUT2D eigenvalue weighted by Crippen LogP contribution is 2.17. The predicted octanol–water partition coefficient (Wildman–Crippen LogP) is 1.57. The Hall–Kier alpha value is -1.71. The molecule has 17 heavy (non-hydrogen) atoms. The van der Waals surface area contributed by atoms with Crippen molar-refractivity contribution in [2.24, 2.45) is 0 Å². The van der Waals surface area contributed by atoms with Gasteiger partial charge in [-0.3, -0.25) is 4.79 Å². The fraction of sp³-hybridized carbons (Fsp3) is 0.462. The average molecular weight is 235 g/mol. The Morgan fingerprint density at radius 3 is 2.59 bits per heavy atom. The number of nitrogen functional groups attached to an aromatic ring is 1. The van der Waals surface area contributed by atoms with Crippen LogP contribution in [0, 0.1) is 0 Å². The van der Waals surface area contributed by atoms with Crippen LogP contribution in [0.3, 0.4) is 0 Å². The van der Waals surface area contributed by atoms with E-state index in [9.17, 15) is 4.79 Å². The van der Waals surface area contributed by atoms with Crippen molar-refractivity contribution in [1.29, 1.82) is 0 Å². The van der Waals surface area contributed by atoms with Crippen LogP contribution in [-0.2, 0) is 4.79 Å². The van der Waals surface area contributed by atoms with E-state index in [0.717, 1.165) is 24.5 Å². The summed E-state index contributed by atoms with van der Waals surface area (Å²) in [5, 5.41) is 0. The largest absolute Gasteiger partial charge is 0.399 e. The highest BCUT2D eigenvalue weighted by Gasteiger charge is 2.09. The Bertz CT molecular complexity index is 377. The van der Waals surface area contributed by atoms with E-state index in [1.165, 1.54) is 0 Å². The monoisotopic (exact) mass is 235 g/mol. The number of hydrogen-bond acceptors (Lipinski definition) is 3. The van der Waals surface area contributed by atoms with Gasteiger partial charge in [0.1, 0.15) is 0 Å². The lowest BCUT2D eigenvalue weighted by atomic mass is 10.2. The lowest BCUT2D eigenvalue weighted by Gasteiger charge is -2.23. The molecule has 4 heteroatoms. The highest BCUT2D eigenvalue weighted by molar-refractivity contribution is 5.76. The number of nitrogens with zero attached hydrogens (tertiary/aromatic N) is 2. The Morgan fingerprint density at radius 2 is 2.06 bits per heavy atom. The summed E-state index contributed by atoms with van der Waals surface area (Å²) in [5.41, 5.74) is 7.57. The van der Waals surface area contributed by atoms with Gasteiger partial charge in [-0.1, -0.05) is 6.07 Å². The standard InChI is InChI=1S/C13H21N3O/c1-4-16(9-8-13(17)15(2)3)12-7-5-6-11(14)10-12/h5-7,10H,4,8-9,14H2,1-3H3. The van der Waals surface area contributed by atoms with Crippen LogP contribution in [0.4, 0.5) is 11.4 Å². The van der Waals surface area contributed by atoms with E-state index in [1.54, 1.807) is 19.0 Å². The highest BCUT2D eigenvalue weighted by atomic mass is 16.2. The third-order valence-electron chi connectivity index (χ3n) is 2.71. The van der Waals surface area contributed by atoms with Gasteiger partial charge < -0.3 is 15.5 Å². The van der Waals surface area contributed by atoms with Crippen molar-refractivity contribution in [3.05, 3.63) is 24.3 Å². The van der Waals surface area contributed by atoms with Crippen LogP contribution in [0.2, 0.25) is 0 Å². The van der Waals surface area contributed by atoms with Crippen LogP contribution in [-0.4, -0.2) is 38.0 Å². The number of hydrogen-bond donors (Lipinski definition) is 1. The fourth-order valence-electron chi connectivity index (χ4n) is 1.65. The Balaban J connectivity index is 2.63. The first-order valence-electron chi connectivity index (χ1n) is 5.85. The minimum atomic E-state index is 0.146. The molecule has 0 saturated carbocycles. The lowest BCUT2D eigenvalue weighted by Crippen LogP contribution is -2.30. The molecule has 94 valence electrons. The van der Waals surface area contributed by atoms with E-state index in [4.69, 9.17) is 5.73 Å². The van der Waals surface area contributed by atoms with E-state index in [2.05, 4.69) is 11.8 Å². The smallest absolute Gasteiger partial charge is 0.223 e. The molecule has 0 unspecified atom stereocenters. The number of benzene rings is 1. The molecule has 0 radical (unpaired) electrons. The number of carbonyl (C=O) groups is 1. The SMILES string of the molecule is CCN(CCC(=O)N(C)C)c1cccc(N)c1. The summed E-state index contributed by atoms with van der Waals surface area (Å²) in [7, 11) is 3.55. The number of rotatable bonds is 5. The number of anilines is 2. The predicted molar refractivity (Wildman–Crippen MR) is 72.1 cm³/mol. The van der Waals surface area contributed by atoms with E-state index >= 15 is 0 Å². The summed E-state index contributed by atoms with van der Waals surface area (Å²) < 4.78 is 0. The van der Waals surface area contributed by atoms with Gasteiger partial charge in [0, 0.05) is 45.0 Å². The van der Waals surface area contributed by atoms with Gasteiger partial charge in [-0.15, -0.1) is 0 Å². The van der Waals surface area contributed by atoms with Gasteiger partial charge in [0.05, 0.1) is 0 Å². The first-order valence-corrected chi connectivity index (χ1v) is 5.85. The first-order chi connectivity index (χ1) is 8.04. The molecule has 4 nitrogen and oxygen atoms in total. The molecular weight excluding hydrogens is 214 g/mol. The third kappa shape index (κ3) is 3.98. The van der Waals surface area contributed by atoms with E-state index in [1.807, 2.05) is 24.3 Å². The first kappa shape index (κ1) is 13.4. The van der Waals surface area contributed by atoms with Crippen molar-refractivity contribution < 1.29 is 4.79 Å². The number of nitrogens with two attached hydrogens (primary N) is 1. The molecule has 0 fully saturated rings. The molecule has 0 aliphatic rings. The van der Waals surface area contributed by atoms with Crippen molar-refractivity contribution in [3.63, 3.8) is 0 Å². The van der Waals surface area contributed by atoms with Crippen molar-refractivity contribution in [2.45, 2.75) is 13.3 Å². The molecule has 1 aromatic rings. The second-order valence-corrected chi connectivity index (χ2v) is 4.21. The number of carbonyl (C=O) groups excluding carboxylic acids is 1. The zero-order valence-electron chi connectivity index (χ0n) is 10.8. The summed E-state index contributed by atoms with van der Waals surface area (Å²) in [4.78, 5) is 15.3. The quantitative estimate of drug-likeness (QED) is 0.788. The van der Waals surface area contributed by atoms with E-state index in [-0.39, 0.29) is 5.91 Å². The van der Waals surface area contributed by atoms with Gasteiger partial charge in [-0.05, 0) is 25.1 Å². The fourth-order valence-corrected chi connectivity index (χ4v) is 1.65. The van der Waals surface area contributed by atoms with Gasteiger partial charge >= 0.3 is 0 Å². The van der Waals surface area contributed by atoms with Gasteiger partial charge in [0.15, 0.2) is 0 Å². The van der Waals surface area contributed by atoms with Crippen molar-refractivity contribution in [1.82, 2.24) is 4.90 Å². The Labute approximate surface area is 103 Å². The normalized spacial score (nSPS) is 10.1. The molecule has 0 saturated heterocycles. The minimum Gasteiger partial charge on any atom is -0.399 e. The Kier molecular flexibility index (Phi) is 4.82. The second kappa shape index (κ2) is 6.13. The molecular formula is C13H21N3O. The average Bonchev–Trinajstić information content (AvgIpc) is 2.29. The van der Waals surface area contributed by atoms with Gasteiger partial charge in [-0.25, -0.2) is 0 Å². The van der Waals surface area contributed by atoms with E-state index in [0.29, 0.717) is 6.42 Å². The maximum Gasteiger partial charge on any atom is 0.223 e. The molecule has 1 amide bonds. The summed E-state index contributed by atoms with van der Waals surface area (Å²) >= 11 is 0. The third-order valence-corrected chi connectivity index (χ3v) is 2.71. The zero-order chi connectivity index (χ0) is 12.8. The van der Waals surface area contributed by atoms with Crippen molar-refractivity contribution in [3.8, 4) is 0 Å². The molecule has 0 aromatic heterocycles. The van der Waals surface area contributed by atoms with Crippen LogP contribution in [0.1, 0.15) is 13.3 Å². The lowest BCUT2D eigenvalue weighted by molar-refractivity contribution is -0.128. The molecule has 0 aliphatic carbocycles. The molecule has 1 rings (SSSR count). The van der Waals surface area contributed by atoms with Crippen LogP contribution in [0.15, 0.2) is 24.3 Å². The van der Waals surface area contributed by atoms with Crippen molar-refractivity contribution in [2.75, 3.05) is 37.8 Å². The van der Waals surface area contributed by atoms with Gasteiger partial charge in [0.25, 0.3) is 0 Å². The summed E-state index contributed by atoms with van der Waals surface area (Å²) in [6.07, 6.45) is 0.523. The van der Waals surface area contributed by atoms with Gasteiger partial charge in [0.2, 0.25) is 5.91 Å². The van der Waals surface area contributed by atoms with Gasteiger partial charge in [-0.2, -0.15) is 0 Å². The van der Waals surface area contributed by atoms with Crippen LogP contribution in [0.5, 0.6) is 0 Å². The molecule has 2 N–H and O–H groups in total. The molecule has 0 atom stereocenters. The Morgan fingerprint density at radius 1 is 1.35 bits per heavy atom. The number of amides is 1. The second-order valence-electron chi connectivity index (χ2n) is 4.21. The van der Waals surface area contributed by atoms with Crippen LogP contribution >= 0.6 is 0 Å². The van der Waals surface area contributed by atoms with Crippen LogP contribution < -0.4 is 10.6 Å².